The average Bonchev–Trinajstić information content (AvgIpc) is 2.29. The highest BCUT2D eigenvalue weighted by Gasteiger charge is 2.01. The fourth-order valence-corrected chi connectivity index (χ4v) is 1.09. The van der Waals surface area contributed by atoms with Crippen LogP contribution in [0.25, 0.3) is 0 Å². The smallest absolute Gasteiger partial charge is 0.118 e. The molecule has 15 heavy (non-hydrogen) atoms. The van der Waals surface area contributed by atoms with Crippen LogP contribution in [0.3, 0.4) is 0 Å². The molecule has 4 heteroatoms. The van der Waals surface area contributed by atoms with Crippen LogP contribution < -0.4 is 4.74 Å². The Morgan fingerprint density at radius 3 is 2.47 bits per heavy atom. The van der Waals surface area contributed by atoms with Gasteiger partial charge in [0.2, 0.25) is 0 Å². The van der Waals surface area contributed by atoms with E-state index in [1.165, 1.54) is 0 Å². The van der Waals surface area contributed by atoms with Gasteiger partial charge < -0.3 is 19.7 Å². The van der Waals surface area contributed by atoms with Crippen LogP contribution in [-0.4, -0.2) is 36.6 Å². The van der Waals surface area contributed by atoms with Crippen molar-refractivity contribution in [3.05, 3.63) is 29.8 Å². The summed E-state index contributed by atoms with van der Waals surface area (Å²) in [5.74, 6) is 0.800. The number of methoxy groups -OCH3 is 1. The van der Waals surface area contributed by atoms with E-state index in [-0.39, 0.29) is 13.2 Å². The molecule has 0 aromatic heterocycles. The largest absolute Gasteiger partial charge is 0.497 e. The molecule has 0 spiro atoms. The van der Waals surface area contributed by atoms with E-state index < -0.39 is 6.10 Å². The number of benzene rings is 1. The fourth-order valence-electron chi connectivity index (χ4n) is 1.09. The van der Waals surface area contributed by atoms with Crippen LogP contribution in [-0.2, 0) is 11.3 Å². The Labute approximate surface area is 89.1 Å². The van der Waals surface area contributed by atoms with Crippen molar-refractivity contribution in [3.8, 4) is 5.75 Å². The summed E-state index contributed by atoms with van der Waals surface area (Å²) in [4.78, 5) is 0. The van der Waals surface area contributed by atoms with Gasteiger partial charge in [-0.1, -0.05) is 12.1 Å². The molecule has 4 nitrogen and oxygen atoms in total. The molecule has 1 unspecified atom stereocenters. The van der Waals surface area contributed by atoms with Crippen molar-refractivity contribution in [2.75, 3.05) is 20.3 Å². The zero-order valence-electron chi connectivity index (χ0n) is 8.72. The van der Waals surface area contributed by atoms with Crippen LogP contribution in [0.5, 0.6) is 5.75 Å². The Bertz CT molecular complexity index is 270. The van der Waals surface area contributed by atoms with E-state index in [0.717, 1.165) is 11.3 Å². The minimum absolute atomic E-state index is 0.141. The highest BCUT2D eigenvalue weighted by molar-refractivity contribution is 5.26. The Morgan fingerprint density at radius 1 is 1.27 bits per heavy atom. The maximum Gasteiger partial charge on any atom is 0.118 e. The summed E-state index contributed by atoms with van der Waals surface area (Å²) in [5.41, 5.74) is 1.00. The predicted octanol–water partition coefficient (Wildman–Crippen LogP) is 0.565. The zero-order chi connectivity index (χ0) is 11.1. The summed E-state index contributed by atoms with van der Waals surface area (Å²) in [7, 11) is 1.61. The summed E-state index contributed by atoms with van der Waals surface area (Å²) in [6.07, 6.45) is -0.803. The molecule has 1 aromatic carbocycles. The normalized spacial score (nSPS) is 12.5. The third-order valence-corrected chi connectivity index (χ3v) is 1.95. The standard InChI is InChI=1S/C11H16O4/c1-14-11-4-2-9(3-5-11)7-15-8-10(13)6-12/h2-5,10,12-13H,6-8H2,1H3. The molecular weight excluding hydrogens is 196 g/mol. The lowest BCUT2D eigenvalue weighted by atomic mass is 10.2. The molecule has 0 radical (unpaired) electrons. The first-order valence-electron chi connectivity index (χ1n) is 4.76. The molecule has 0 aliphatic carbocycles. The number of aliphatic hydroxyl groups excluding tert-OH is 2. The van der Waals surface area contributed by atoms with Crippen molar-refractivity contribution >= 4 is 0 Å². The van der Waals surface area contributed by atoms with Crippen LogP contribution >= 0.6 is 0 Å². The number of hydrogen-bond donors (Lipinski definition) is 2. The van der Waals surface area contributed by atoms with Crippen molar-refractivity contribution in [3.63, 3.8) is 0 Å². The Hall–Kier alpha value is -1.10. The topological polar surface area (TPSA) is 58.9 Å². The molecule has 0 amide bonds. The van der Waals surface area contributed by atoms with Crippen LogP contribution in [0.1, 0.15) is 5.56 Å². The Morgan fingerprint density at radius 2 is 1.93 bits per heavy atom. The van der Waals surface area contributed by atoms with Gasteiger partial charge in [-0.3, -0.25) is 0 Å². The second-order valence-corrected chi connectivity index (χ2v) is 3.20. The van der Waals surface area contributed by atoms with Crippen molar-refractivity contribution in [1.29, 1.82) is 0 Å². The van der Waals surface area contributed by atoms with Gasteiger partial charge in [-0.2, -0.15) is 0 Å². The lowest BCUT2D eigenvalue weighted by molar-refractivity contribution is 0.0000175. The van der Waals surface area contributed by atoms with Crippen LogP contribution in [0.2, 0.25) is 0 Å². The Balaban J connectivity index is 2.31. The first-order valence-corrected chi connectivity index (χ1v) is 4.76. The van der Waals surface area contributed by atoms with E-state index in [1.807, 2.05) is 24.3 Å². The molecule has 0 saturated carbocycles. The molecule has 0 aliphatic heterocycles. The van der Waals surface area contributed by atoms with Crippen LogP contribution in [0.4, 0.5) is 0 Å². The summed E-state index contributed by atoms with van der Waals surface area (Å²) in [5, 5.41) is 17.6. The molecule has 2 N–H and O–H groups in total. The van der Waals surface area contributed by atoms with Gasteiger partial charge in [0.1, 0.15) is 11.9 Å². The van der Waals surface area contributed by atoms with Gasteiger partial charge in [-0.05, 0) is 17.7 Å². The molecule has 1 aromatic rings. The summed E-state index contributed by atoms with van der Waals surface area (Å²) < 4.78 is 10.2. The third kappa shape index (κ3) is 4.29. The van der Waals surface area contributed by atoms with Gasteiger partial charge in [0.15, 0.2) is 0 Å². The maximum absolute atomic E-state index is 9.02. The lowest BCUT2D eigenvalue weighted by Gasteiger charge is -2.08. The van der Waals surface area contributed by atoms with Crippen molar-refractivity contribution in [2.45, 2.75) is 12.7 Å². The van der Waals surface area contributed by atoms with E-state index in [0.29, 0.717) is 6.61 Å². The summed E-state index contributed by atoms with van der Waals surface area (Å²) in [6, 6.07) is 7.48. The Kier molecular flexibility index (Phi) is 5.10. The SMILES string of the molecule is COc1ccc(COCC(O)CO)cc1. The number of rotatable bonds is 6. The molecule has 0 heterocycles. The highest BCUT2D eigenvalue weighted by atomic mass is 16.5. The van der Waals surface area contributed by atoms with Crippen molar-refractivity contribution < 1.29 is 19.7 Å². The van der Waals surface area contributed by atoms with Gasteiger partial charge in [0.25, 0.3) is 0 Å². The van der Waals surface area contributed by atoms with E-state index in [2.05, 4.69) is 0 Å². The summed E-state index contributed by atoms with van der Waals surface area (Å²) >= 11 is 0. The second kappa shape index (κ2) is 6.40. The number of hydrogen-bond acceptors (Lipinski definition) is 4. The molecule has 84 valence electrons. The van der Waals surface area contributed by atoms with E-state index >= 15 is 0 Å². The number of aliphatic hydroxyl groups is 2. The number of ether oxygens (including phenoxy) is 2. The minimum atomic E-state index is -0.803. The second-order valence-electron chi connectivity index (χ2n) is 3.20. The van der Waals surface area contributed by atoms with E-state index in [4.69, 9.17) is 19.7 Å². The predicted molar refractivity (Wildman–Crippen MR) is 55.7 cm³/mol. The molecule has 0 aliphatic rings. The van der Waals surface area contributed by atoms with Crippen LogP contribution in [0, 0.1) is 0 Å². The lowest BCUT2D eigenvalue weighted by Crippen LogP contribution is -2.19. The zero-order valence-corrected chi connectivity index (χ0v) is 8.72. The molecule has 1 rings (SSSR count). The van der Waals surface area contributed by atoms with Crippen molar-refractivity contribution in [1.82, 2.24) is 0 Å². The van der Waals surface area contributed by atoms with Crippen LogP contribution in [0.15, 0.2) is 24.3 Å². The summed E-state index contributed by atoms with van der Waals surface area (Å²) in [6.45, 7) is 0.284. The quantitative estimate of drug-likeness (QED) is 0.723. The first kappa shape index (κ1) is 12.0. The van der Waals surface area contributed by atoms with Gasteiger partial charge in [0.05, 0.1) is 26.9 Å². The molecule has 1 atom stereocenters. The molecular formula is C11H16O4. The minimum Gasteiger partial charge on any atom is -0.497 e. The molecule has 0 bridgehead atoms. The van der Waals surface area contributed by atoms with E-state index in [1.54, 1.807) is 7.11 Å². The third-order valence-electron chi connectivity index (χ3n) is 1.95. The van der Waals surface area contributed by atoms with Gasteiger partial charge in [0, 0.05) is 0 Å². The monoisotopic (exact) mass is 212 g/mol. The molecule has 0 fully saturated rings. The first-order chi connectivity index (χ1) is 7.26. The average molecular weight is 212 g/mol. The van der Waals surface area contributed by atoms with Crippen molar-refractivity contribution in [2.24, 2.45) is 0 Å². The van der Waals surface area contributed by atoms with Gasteiger partial charge >= 0.3 is 0 Å². The van der Waals surface area contributed by atoms with Gasteiger partial charge in [-0.15, -0.1) is 0 Å². The van der Waals surface area contributed by atoms with E-state index in [9.17, 15) is 0 Å². The fraction of sp³-hybridized carbons (Fsp3) is 0.455. The van der Waals surface area contributed by atoms with Gasteiger partial charge in [-0.25, -0.2) is 0 Å². The molecule has 0 saturated heterocycles. The maximum atomic E-state index is 9.02. The highest BCUT2D eigenvalue weighted by Crippen LogP contribution is 2.11.